The van der Waals surface area contributed by atoms with Gasteiger partial charge in [-0.25, -0.2) is 14.6 Å². The molecule has 0 spiro atoms. The average Bonchev–Trinajstić information content (AvgIpc) is 3.30. The summed E-state index contributed by atoms with van der Waals surface area (Å²) in [5.74, 6) is 0.447. The van der Waals surface area contributed by atoms with Crippen LogP contribution in [0.4, 0.5) is 5.82 Å². The maximum Gasteiger partial charge on any atom is 0.172 e. The van der Waals surface area contributed by atoms with Gasteiger partial charge in [0.1, 0.15) is 0 Å². The standard InChI is InChI=1S/C15H14N6O.C3H6.U/c1-9-3-4-11-10(7-16-18-11)15(9)12-5-6-13-17-14(20(2)22)8-21(13)19-12;1-2-3-1;/h3-8,22H,1-2H3,(H,16,18);1-3H2;. The minimum Gasteiger partial charge on any atom is -0.287 e. The van der Waals surface area contributed by atoms with Crippen molar-refractivity contribution in [1.82, 2.24) is 24.8 Å². The SMILES string of the molecule is C1CC1.Cc1ccc2[nH]ncc2c1-c1ccc2nc(N(C)O)cn2n1.[U]. The molecule has 0 radical (unpaired) electrons. The number of aromatic nitrogens is 5. The second kappa shape index (κ2) is 7.79. The number of nitrogens with zero attached hydrogens (tertiary/aromatic N) is 5. The number of aryl methyl sites for hydroxylation is 1. The van der Waals surface area contributed by atoms with Gasteiger partial charge < -0.3 is 0 Å². The molecule has 1 aromatic carbocycles. The first-order valence-corrected chi connectivity index (χ1v) is 8.35. The van der Waals surface area contributed by atoms with Gasteiger partial charge in [-0.05, 0) is 30.7 Å². The molecule has 0 unspecified atom stereocenters. The molecule has 1 fully saturated rings. The molecule has 0 bridgehead atoms. The van der Waals surface area contributed by atoms with E-state index < -0.39 is 0 Å². The molecule has 1 aliphatic rings. The van der Waals surface area contributed by atoms with E-state index in [1.165, 1.54) is 26.3 Å². The number of rotatable bonds is 2. The summed E-state index contributed by atoms with van der Waals surface area (Å²) >= 11 is 0. The molecular formula is C18H20N6OU. The fraction of sp³-hybridized carbons (Fsp3) is 0.278. The summed E-state index contributed by atoms with van der Waals surface area (Å²) in [5, 5.41) is 23.2. The van der Waals surface area contributed by atoms with Crippen molar-refractivity contribution in [2.45, 2.75) is 26.2 Å². The number of fused-ring (bicyclic) bond motifs is 2. The van der Waals surface area contributed by atoms with Crippen LogP contribution in [0.5, 0.6) is 0 Å². The van der Waals surface area contributed by atoms with Gasteiger partial charge in [-0.1, -0.05) is 25.3 Å². The molecule has 26 heavy (non-hydrogen) atoms. The smallest absolute Gasteiger partial charge is 0.172 e. The summed E-state index contributed by atoms with van der Waals surface area (Å²) in [5.41, 5.74) is 4.66. The molecule has 0 amide bonds. The second-order valence-electron chi connectivity index (χ2n) is 6.29. The molecule has 0 saturated heterocycles. The van der Waals surface area contributed by atoms with Crippen molar-refractivity contribution in [3.63, 3.8) is 0 Å². The molecule has 2 N–H and O–H groups in total. The van der Waals surface area contributed by atoms with Crippen LogP contribution in [0.1, 0.15) is 24.8 Å². The van der Waals surface area contributed by atoms with Gasteiger partial charge in [0.15, 0.2) is 11.5 Å². The Balaban J connectivity index is 0.000000447. The van der Waals surface area contributed by atoms with E-state index in [-0.39, 0.29) is 31.1 Å². The largest absolute Gasteiger partial charge is 0.287 e. The molecule has 1 aliphatic carbocycles. The normalized spacial score (nSPS) is 12.4. The van der Waals surface area contributed by atoms with E-state index >= 15 is 0 Å². The number of hydrogen-bond donors (Lipinski definition) is 2. The molecule has 132 valence electrons. The summed E-state index contributed by atoms with van der Waals surface area (Å²) in [6, 6.07) is 7.87. The first kappa shape index (κ1) is 18.9. The van der Waals surface area contributed by atoms with Gasteiger partial charge in [0.05, 0.1) is 23.6 Å². The fourth-order valence-corrected chi connectivity index (χ4v) is 2.63. The van der Waals surface area contributed by atoms with Gasteiger partial charge in [0, 0.05) is 49.1 Å². The summed E-state index contributed by atoms with van der Waals surface area (Å²) in [7, 11) is 1.53. The number of H-pyrrole nitrogens is 1. The van der Waals surface area contributed by atoms with Crippen LogP contribution < -0.4 is 5.06 Å². The van der Waals surface area contributed by atoms with Gasteiger partial charge in [0.25, 0.3) is 0 Å². The Morgan fingerprint density at radius 3 is 2.62 bits per heavy atom. The minimum absolute atomic E-state index is 0. The van der Waals surface area contributed by atoms with E-state index in [0.29, 0.717) is 11.5 Å². The molecule has 0 aliphatic heterocycles. The Hall–Kier alpha value is -1.88. The molecule has 5 rings (SSSR count). The van der Waals surface area contributed by atoms with Gasteiger partial charge in [-0.15, -0.1) is 0 Å². The first-order chi connectivity index (χ1) is 12.1. The minimum atomic E-state index is 0. The average molecular weight is 574 g/mol. The Morgan fingerprint density at radius 2 is 1.92 bits per heavy atom. The topological polar surface area (TPSA) is 82.3 Å². The van der Waals surface area contributed by atoms with Crippen molar-refractivity contribution in [2.24, 2.45) is 0 Å². The van der Waals surface area contributed by atoms with Crippen LogP contribution in [0.15, 0.2) is 36.7 Å². The molecule has 7 nitrogen and oxygen atoms in total. The van der Waals surface area contributed by atoms with Crippen LogP contribution in [0.3, 0.4) is 0 Å². The summed E-state index contributed by atoms with van der Waals surface area (Å²) in [6.07, 6.45) is 7.99. The number of benzene rings is 1. The number of imidazole rings is 1. The van der Waals surface area contributed by atoms with Crippen LogP contribution in [-0.4, -0.2) is 37.1 Å². The molecule has 3 heterocycles. The predicted octanol–water partition coefficient (Wildman–Crippen LogP) is 3.58. The summed E-state index contributed by atoms with van der Waals surface area (Å²) in [6.45, 7) is 2.05. The number of aromatic amines is 1. The molecule has 8 heteroatoms. The molecule has 3 aromatic heterocycles. The van der Waals surface area contributed by atoms with Crippen molar-refractivity contribution in [2.75, 3.05) is 12.1 Å². The molecule has 0 atom stereocenters. The third-order valence-corrected chi connectivity index (χ3v) is 4.08. The number of anilines is 1. The Labute approximate surface area is 174 Å². The third kappa shape index (κ3) is 3.78. The van der Waals surface area contributed by atoms with Crippen molar-refractivity contribution in [3.8, 4) is 11.3 Å². The zero-order chi connectivity index (χ0) is 17.4. The van der Waals surface area contributed by atoms with Crippen LogP contribution in [0, 0.1) is 38.0 Å². The molecular weight excluding hydrogens is 554 g/mol. The number of hydroxylamine groups is 1. The Bertz CT molecular complexity index is 1030. The second-order valence-corrected chi connectivity index (χ2v) is 6.29. The van der Waals surface area contributed by atoms with Crippen LogP contribution in [0.2, 0.25) is 0 Å². The van der Waals surface area contributed by atoms with Crippen molar-refractivity contribution in [1.29, 1.82) is 0 Å². The molecule has 4 aromatic rings. The number of hydrogen-bond acceptors (Lipinski definition) is 5. The van der Waals surface area contributed by atoms with Gasteiger partial charge in [-0.2, -0.15) is 10.2 Å². The third-order valence-electron chi connectivity index (χ3n) is 4.08. The Morgan fingerprint density at radius 1 is 1.15 bits per heavy atom. The summed E-state index contributed by atoms with van der Waals surface area (Å²) < 4.78 is 1.66. The van der Waals surface area contributed by atoms with Crippen molar-refractivity contribution < 1.29 is 36.3 Å². The maximum absolute atomic E-state index is 9.49. The van der Waals surface area contributed by atoms with E-state index in [1.54, 1.807) is 10.7 Å². The van der Waals surface area contributed by atoms with E-state index in [0.717, 1.165) is 32.8 Å². The van der Waals surface area contributed by atoms with E-state index in [2.05, 4.69) is 27.2 Å². The monoisotopic (exact) mass is 574 g/mol. The maximum atomic E-state index is 9.49. The van der Waals surface area contributed by atoms with E-state index in [9.17, 15) is 5.21 Å². The quantitative estimate of drug-likeness (QED) is 0.358. The van der Waals surface area contributed by atoms with Gasteiger partial charge in [0.2, 0.25) is 0 Å². The Kier molecular flexibility index (Phi) is 5.66. The van der Waals surface area contributed by atoms with Crippen molar-refractivity contribution >= 4 is 22.4 Å². The van der Waals surface area contributed by atoms with Gasteiger partial charge >= 0.3 is 0 Å². The van der Waals surface area contributed by atoms with Crippen LogP contribution in [0.25, 0.3) is 27.8 Å². The van der Waals surface area contributed by atoms with Crippen LogP contribution >= 0.6 is 0 Å². The predicted molar refractivity (Wildman–Crippen MR) is 96.9 cm³/mol. The number of nitrogens with one attached hydrogen (secondary N) is 1. The first-order valence-electron chi connectivity index (χ1n) is 8.35. The van der Waals surface area contributed by atoms with Gasteiger partial charge in [-0.3, -0.25) is 10.3 Å². The van der Waals surface area contributed by atoms with E-state index in [1.807, 2.05) is 30.5 Å². The van der Waals surface area contributed by atoms with E-state index in [4.69, 9.17) is 0 Å². The van der Waals surface area contributed by atoms with Crippen molar-refractivity contribution in [3.05, 3.63) is 42.2 Å². The molecule has 1 saturated carbocycles. The fourth-order valence-electron chi connectivity index (χ4n) is 2.63. The summed E-state index contributed by atoms with van der Waals surface area (Å²) in [4.78, 5) is 4.28. The van der Waals surface area contributed by atoms with Crippen LogP contribution in [-0.2, 0) is 0 Å². The zero-order valence-corrected chi connectivity index (χ0v) is 18.9. The zero-order valence-electron chi connectivity index (χ0n) is 14.8.